The first-order chi connectivity index (χ1) is 11.5. The monoisotopic (exact) mass is 330 g/mol. The lowest BCUT2D eigenvalue weighted by Crippen LogP contribution is -2.35. The van der Waals surface area contributed by atoms with Gasteiger partial charge >= 0.3 is 5.97 Å². The fourth-order valence-electron chi connectivity index (χ4n) is 1.90. The van der Waals surface area contributed by atoms with Crippen LogP contribution >= 0.6 is 0 Å². The van der Waals surface area contributed by atoms with Gasteiger partial charge in [0.05, 0.1) is 4.92 Å². The van der Waals surface area contributed by atoms with E-state index in [1.54, 1.807) is 24.3 Å². The van der Waals surface area contributed by atoms with Crippen molar-refractivity contribution in [3.8, 4) is 0 Å². The van der Waals surface area contributed by atoms with E-state index in [-0.39, 0.29) is 17.9 Å². The number of carboxylic acids is 1. The number of aliphatic carboxylic acids is 1. The minimum atomic E-state index is -1.24. The molecule has 0 saturated heterocycles. The number of hydroxylamine groups is 2. The van der Waals surface area contributed by atoms with Crippen molar-refractivity contribution in [2.24, 2.45) is 0 Å². The fourth-order valence-corrected chi connectivity index (χ4v) is 1.90. The van der Waals surface area contributed by atoms with Crippen molar-refractivity contribution < 1.29 is 24.5 Å². The molecule has 0 saturated carbocycles. The Hall–Kier alpha value is -3.26. The summed E-state index contributed by atoms with van der Waals surface area (Å²) in [5, 5.41) is 20.3. The summed E-state index contributed by atoms with van der Waals surface area (Å²) in [7, 11) is 0. The summed E-state index contributed by atoms with van der Waals surface area (Å²) in [5.74, 6) is -1.93. The Morgan fingerprint density at radius 2 is 1.71 bits per heavy atom. The van der Waals surface area contributed by atoms with E-state index in [0.717, 1.165) is 10.6 Å². The molecule has 0 radical (unpaired) electrons. The highest BCUT2D eigenvalue weighted by molar-refractivity contribution is 5.95. The molecule has 0 atom stereocenters. The lowest BCUT2D eigenvalue weighted by molar-refractivity contribution is -0.384. The normalized spacial score (nSPS) is 10.2. The average molecular weight is 330 g/mol. The highest BCUT2D eigenvalue weighted by Gasteiger charge is 2.20. The molecule has 0 aliphatic heterocycles. The van der Waals surface area contributed by atoms with Crippen molar-refractivity contribution in [2.75, 3.05) is 6.54 Å². The van der Waals surface area contributed by atoms with Crippen LogP contribution in [-0.2, 0) is 16.2 Å². The van der Waals surface area contributed by atoms with E-state index in [1.807, 2.05) is 6.07 Å². The van der Waals surface area contributed by atoms with Crippen LogP contribution in [0.3, 0.4) is 0 Å². The van der Waals surface area contributed by atoms with Crippen molar-refractivity contribution in [3.63, 3.8) is 0 Å². The van der Waals surface area contributed by atoms with E-state index < -0.39 is 23.3 Å². The average Bonchev–Trinajstić information content (AvgIpc) is 2.58. The Bertz CT molecular complexity index is 730. The lowest BCUT2D eigenvalue weighted by Gasteiger charge is -2.20. The smallest absolute Gasteiger partial charge is 0.325 e. The molecule has 1 amide bonds. The van der Waals surface area contributed by atoms with Gasteiger partial charge in [-0.15, -0.1) is 0 Å². The lowest BCUT2D eigenvalue weighted by atomic mass is 10.2. The second-order valence-corrected chi connectivity index (χ2v) is 4.80. The van der Waals surface area contributed by atoms with Gasteiger partial charge in [-0.25, -0.2) is 5.06 Å². The molecule has 8 nitrogen and oxygen atoms in total. The SMILES string of the molecule is O=C(O)CN(OCc1ccccc1)C(=O)c1ccc([N+](=O)[O-])cc1. The predicted octanol–water partition coefficient (Wildman–Crippen LogP) is 2.25. The van der Waals surface area contributed by atoms with Gasteiger partial charge in [0.2, 0.25) is 0 Å². The third kappa shape index (κ3) is 4.62. The van der Waals surface area contributed by atoms with Gasteiger partial charge in [0.25, 0.3) is 11.6 Å². The molecule has 2 rings (SSSR count). The molecule has 0 bridgehead atoms. The van der Waals surface area contributed by atoms with Gasteiger partial charge in [0, 0.05) is 17.7 Å². The number of carboxylic acid groups (broad SMARTS) is 1. The molecule has 0 aliphatic rings. The number of carbonyl (C=O) groups is 2. The van der Waals surface area contributed by atoms with Crippen LogP contribution in [-0.4, -0.2) is 33.5 Å². The number of amides is 1. The van der Waals surface area contributed by atoms with E-state index in [1.165, 1.54) is 24.3 Å². The van der Waals surface area contributed by atoms with E-state index in [9.17, 15) is 19.7 Å². The van der Waals surface area contributed by atoms with E-state index in [2.05, 4.69) is 0 Å². The summed E-state index contributed by atoms with van der Waals surface area (Å²) in [4.78, 5) is 38.6. The minimum absolute atomic E-state index is 0.0207. The first-order valence-corrected chi connectivity index (χ1v) is 6.92. The Kier molecular flexibility index (Phi) is 5.58. The second kappa shape index (κ2) is 7.84. The molecule has 1 N–H and O–H groups in total. The van der Waals surface area contributed by atoms with Gasteiger partial charge < -0.3 is 5.11 Å². The zero-order chi connectivity index (χ0) is 17.5. The second-order valence-electron chi connectivity index (χ2n) is 4.80. The number of benzene rings is 2. The number of nitrogens with zero attached hydrogens (tertiary/aromatic N) is 2. The van der Waals surface area contributed by atoms with Crippen molar-refractivity contribution >= 4 is 17.6 Å². The van der Waals surface area contributed by atoms with Gasteiger partial charge in [-0.05, 0) is 17.7 Å². The maximum absolute atomic E-state index is 12.4. The molecule has 0 aliphatic carbocycles. The van der Waals surface area contributed by atoms with Crippen LogP contribution in [0.2, 0.25) is 0 Å². The number of nitro benzene ring substituents is 1. The molecule has 0 aromatic heterocycles. The van der Waals surface area contributed by atoms with Crippen LogP contribution in [0, 0.1) is 10.1 Å². The highest BCUT2D eigenvalue weighted by Crippen LogP contribution is 2.14. The maximum Gasteiger partial charge on any atom is 0.325 e. The molecule has 2 aromatic carbocycles. The van der Waals surface area contributed by atoms with E-state index in [0.29, 0.717) is 0 Å². The molecule has 0 spiro atoms. The number of non-ortho nitro benzene ring substituents is 1. The Labute approximate surface area is 137 Å². The number of rotatable bonds is 7. The van der Waals surface area contributed by atoms with Crippen LogP contribution < -0.4 is 0 Å². The zero-order valence-electron chi connectivity index (χ0n) is 12.5. The number of hydrogen-bond acceptors (Lipinski definition) is 5. The Morgan fingerprint density at radius 3 is 2.25 bits per heavy atom. The summed E-state index contributed by atoms with van der Waals surface area (Å²) in [5.41, 5.74) is 0.695. The molecular formula is C16H14N2O6. The summed E-state index contributed by atoms with van der Waals surface area (Å²) in [6.07, 6.45) is 0. The predicted molar refractivity (Wildman–Crippen MR) is 83.0 cm³/mol. The summed E-state index contributed by atoms with van der Waals surface area (Å²) < 4.78 is 0. The maximum atomic E-state index is 12.4. The molecule has 0 heterocycles. The summed E-state index contributed by atoms with van der Waals surface area (Å²) in [6, 6.07) is 13.8. The molecule has 2 aromatic rings. The minimum Gasteiger partial charge on any atom is -0.480 e. The molecule has 24 heavy (non-hydrogen) atoms. The van der Waals surface area contributed by atoms with Crippen molar-refractivity contribution in [1.82, 2.24) is 5.06 Å². The molecule has 0 fully saturated rings. The van der Waals surface area contributed by atoms with Gasteiger partial charge in [-0.2, -0.15) is 0 Å². The molecule has 0 unspecified atom stereocenters. The third-order valence-corrected chi connectivity index (χ3v) is 3.06. The van der Waals surface area contributed by atoms with E-state index in [4.69, 9.17) is 9.94 Å². The summed E-state index contributed by atoms with van der Waals surface area (Å²) >= 11 is 0. The molecule has 124 valence electrons. The Morgan fingerprint density at radius 1 is 1.08 bits per heavy atom. The zero-order valence-corrected chi connectivity index (χ0v) is 12.5. The number of nitro groups is 1. The Balaban J connectivity index is 2.12. The van der Waals surface area contributed by atoms with Crippen molar-refractivity contribution in [3.05, 3.63) is 75.8 Å². The van der Waals surface area contributed by atoms with E-state index >= 15 is 0 Å². The largest absolute Gasteiger partial charge is 0.480 e. The first-order valence-electron chi connectivity index (χ1n) is 6.92. The summed E-state index contributed by atoms with van der Waals surface area (Å²) in [6.45, 7) is -0.629. The molecule has 8 heteroatoms. The van der Waals surface area contributed by atoms with Gasteiger partial charge in [0.15, 0.2) is 0 Å². The van der Waals surface area contributed by atoms with Crippen LogP contribution in [0.1, 0.15) is 15.9 Å². The van der Waals surface area contributed by atoms with Gasteiger partial charge in [-0.1, -0.05) is 30.3 Å². The van der Waals surface area contributed by atoms with Crippen LogP contribution in [0.4, 0.5) is 5.69 Å². The molecular weight excluding hydrogens is 316 g/mol. The third-order valence-electron chi connectivity index (χ3n) is 3.06. The highest BCUT2D eigenvalue weighted by atomic mass is 16.7. The van der Waals surface area contributed by atoms with Crippen LogP contribution in [0.15, 0.2) is 54.6 Å². The van der Waals surface area contributed by atoms with Gasteiger partial charge in [-0.3, -0.25) is 24.5 Å². The number of hydrogen-bond donors (Lipinski definition) is 1. The first kappa shape index (κ1) is 17.1. The topological polar surface area (TPSA) is 110 Å². The fraction of sp³-hybridized carbons (Fsp3) is 0.125. The van der Waals surface area contributed by atoms with Crippen molar-refractivity contribution in [1.29, 1.82) is 0 Å². The van der Waals surface area contributed by atoms with Crippen molar-refractivity contribution in [2.45, 2.75) is 6.61 Å². The van der Waals surface area contributed by atoms with Gasteiger partial charge in [0.1, 0.15) is 13.2 Å². The number of carbonyl (C=O) groups excluding carboxylic acids is 1. The van der Waals surface area contributed by atoms with Crippen LogP contribution in [0.5, 0.6) is 0 Å². The quantitative estimate of drug-likeness (QED) is 0.616. The van der Waals surface area contributed by atoms with Crippen LogP contribution in [0.25, 0.3) is 0 Å². The standard InChI is InChI=1S/C16H14N2O6/c19-15(20)10-17(24-11-12-4-2-1-3-5-12)16(21)13-6-8-14(9-7-13)18(22)23/h1-9H,10-11H2,(H,19,20).